The molecule has 1 aromatic rings. The van der Waals surface area contributed by atoms with Gasteiger partial charge >= 0.3 is 5.97 Å². The van der Waals surface area contributed by atoms with Gasteiger partial charge in [0.25, 0.3) is 0 Å². The molecule has 88 valence electrons. The number of nitrogens with one attached hydrogen (secondary N) is 1. The predicted octanol–water partition coefficient (Wildman–Crippen LogP) is 1.62. The number of carboxylic acids is 1. The molecule has 5 nitrogen and oxygen atoms in total. The summed E-state index contributed by atoms with van der Waals surface area (Å²) >= 11 is 0. The van der Waals surface area contributed by atoms with Crippen LogP contribution in [0.2, 0.25) is 0 Å². The van der Waals surface area contributed by atoms with Gasteiger partial charge in [-0.15, -0.1) is 0 Å². The van der Waals surface area contributed by atoms with Crippen molar-refractivity contribution in [3.8, 4) is 0 Å². The number of carboxylic acid groups (broad SMARTS) is 1. The SMILES string of the molecule is CCc1cc(NC(C)(C)C(=O)O)nc(C)n1. The van der Waals surface area contributed by atoms with Crippen molar-refractivity contribution in [2.75, 3.05) is 5.32 Å². The van der Waals surface area contributed by atoms with Crippen LogP contribution in [0, 0.1) is 6.92 Å². The van der Waals surface area contributed by atoms with E-state index in [4.69, 9.17) is 5.11 Å². The highest BCUT2D eigenvalue weighted by Crippen LogP contribution is 2.14. The molecule has 0 atom stereocenters. The summed E-state index contributed by atoms with van der Waals surface area (Å²) in [6.45, 7) is 6.97. The van der Waals surface area contributed by atoms with E-state index in [1.165, 1.54) is 0 Å². The molecule has 0 amide bonds. The summed E-state index contributed by atoms with van der Waals surface area (Å²) in [7, 11) is 0. The van der Waals surface area contributed by atoms with Crippen LogP contribution >= 0.6 is 0 Å². The topological polar surface area (TPSA) is 75.1 Å². The van der Waals surface area contributed by atoms with Gasteiger partial charge in [-0.1, -0.05) is 6.92 Å². The van der Waals surface area contributed by atoms with Crippen LogP contribution in [0.15, 0.2) is 6.07 Å². The smallest absolute Gasteiger partial charge is 0.328 e. The van der Waals surface area contributed by atoms with Crippen LogP contribution in [0.4, 0.5) is 5.82 Å². The van der Waals surface area contributed by atoms with Crippen LogP contribution in [-0.4, -0.2) is 26.6 Å². The lowest BCUT2D eigenvalue weighted by molar-refractivity contribution is -0.141. The molecule has 1 rings (SSSR count). The van der Waals surface area contributed by atoms with Crippen molar-refractivity contribution >= 4 is 11.8 Å². The van der Waals surface area contributed by atoms with Crippen molar-refractivity contribution in [1.29, 1.82) is 0 Å². The number of aryl methyl sites for hydroxylation is 2. The maximum atomic E-state index is 11.0. The van der Waals surface area contributed by atoms with Crippen molar-refractivity contribution in [1.82, 2.24) is 9.97 Å². The summed E-state index contributed by atoms with van der Waals surface area (Å²) in [5.74, 6) is 0.279. The molecule has 0 saturated heterocycles. The third-order valence-corrected chi connectivity index (χ3v) is 2.23. The fraction of sp³-hybridized carbons (Fsp3) is 0.545. The largest absolute Gasteiger partial charge is 0.480 e. The van der Waals surface area contributed by atoms with Gasteiger partial charge in [-0.2, -0.15) is 0 Å². The van der Waals surface area contributed by atoms with E-state index in [1.54, 1.807) is 26.8 Å². The van der Waals surface area contributed by atoms with E-state index in [0.29, 0.717) is 11.6 Å². The molecule has 0 spiro atoms. The van der Waals surface area contributed by atoms with Gasteiger partial charge < -0.3 is 10.4 Å². The number of nitrogens with zero attached hydrogens (tertiary/aromatic N) is 2. The third-order valence-electron chi connectivity index (χ3n) is 2.23. The second-order valence-electron chi connectivity index (χ2n) is 4.20. The second kappa shape index (κ2) is 4.47. The molecule has 0 fully saturated rings. The highest BCUT2D eigenvalue weighted by atomic mass is 16.4. The Morgan fingerprint density at radius 2 is 2.12 bits per heavy atom. The molecule has 5 heteroatoms. The molecule has 2 N–H and O–H groups in total. The Morgan fingerprint density at radius 1 is 1.50 bits per heavy atom. The lowest BCUT2D eigenvalue weighted by Crippen LogP contribution is -2.40. The van der Waals surface area contributed by atoms with Crippen molar-refractivity contribution in [3.05, 3.63) is 17.6 Å². The molecule has 0 aromatic carbocycles. The van der Waals surface area contributed by atoms with Gasteiger partial charge in [-0.05, 0) is 27.2 Å². The monoisotopic (exact) mass is 223 g/mol. The van der Waals surface area contributed by atoms with E-state index in [0.717, 1.165) is 12.1 Å². The summed E-state index contributed by atoms with van der Waals surface area (Å²) in [5, 5.41) is 11.9. The van der Waals surface area contributed by atoms with Crippen molar-refractivity contribution in [2.45, 2.75) is 39.7 Å². The lowest BCUT2D eigenvalue weighted by atomic mass is 10.1. The van der Waals surface area contributed by atoms with Gasteiger partial charge in [0.05, 0.1) is 0 Å². The summed E-state index contributed by atoms with van der Waals surface area (Å²) in [6.07, 6.45) is 0.797. The quantitative estimate of drug-likeness (QED) is 0.811. The van der Waals surface area contributed by atoms with Gasteiger partial charge in [-0.25, -0.2) is 14.8 Å². The van der Waals surface area contributed by atoms with Crippen LogP contribution in [-0.2, 0) is 11.2 Å². The minimum Gasteiger partial charge on any atom is -0.480 e. The Morgan fingerprint density at radius 3 is 2.62 bits per heavy atom. The third kappa shape index (κ3) is 2.92. The minimum absolute atomic E-state index is 0.553. The number of aromatic nitrogens is 2. The standard InChI is InChI=1S/C11H17N3O2/c1-5-8-6-9(13-7(2)12-8)14-11(3,4)10(15)16/h6H,5H2,1-4H3,(H,15,16)(H,12,13,14). The number of hydrogen-bond donors (Lipinski definition) is 2. The molecular weight excluding hydrogens is 206 g/mol. The highest BCUT2D eigenvalue weighted by Gasteiger charge is 2.27. The molecule has 1 aromatic heterocycles. The summed E-state index contributed by atoms with van der Waals surface area (Å²) in [4.78, 5) is 19.4. The summed E-state index contributed by atoms with van der Waals surface area (Å²) in [6, 6.07) is 1.78. The molecular formula is C11H17N3O2. The van der Waals surface area contributed by atoms with Crippen LogP contribution in [0.3, 0.4) is 0 Å². The van der Waals surface area contributed by atoms with Gasteiger partial charge in [0.2, 0.25) is 0 Å². The lowest BCUT2D eigenvalue weighted by Gasteiger charge is -2.22. The zero-order chi connectivity index (χ0) is 12.3. The first-order chi connectivity index (χ1) is 7.35. The van der Waals surface area contributed by atoms with E-state index < -0.39 is 11.5 Å². The minimum atomic E-state index is -1.04. The zero-order valence-corrected chi connectivity index (χ0v) is 10.0. The molecule has 0 radical (unpaired) electrons. The fourth-order valence-corrected chi connectivity index (χ4v) is 1.25. The zero-order valence-electron chi connectivity index (χ0n) is 10.0. The predicted molar refractivity (Wildman–Crippen MR) is 61.5 cm³/mol. The molecule has 0 saturated carbocycles. The van der Waals surface area contributed by atoms with E-state index in [9.17, 15) is 4.79 Å². The Bertz CT molecular complexity index is 402. The summed E-state index contributed by atoms with van der Waals surface area (Å²) in [5.41, 5.74) is -0.137. The molecule has 0 unspecified atom stereocenters. The van der Waals surface area contributed by atoms with Gasteiger partial charge in [0.15, 0.2) is 0 Å². The van der Waals surface area contributed by atoms with Crippen LogP contribution < -0.4 is 5.32 Å². The average Bonchev–Trinajstić information content (AvgIpc) is 2.15. The van der Waals surface area contributed by atoms with Crippen LogP contribution in [0.1, 0.15) is 32.3 Å². The fourth-order valence-electron chi connectivity index (χ4n) is 1.25. The normalized spacial score (nSPS) is 11.2. The number of carbonyl (C=O) groups is 1. The molecule has 0 aliphatic rings. The van der Waals surface area contributed by atoms with Crippen molar-refractivity contribution in [2.24, 2.45) is 0 Å². The first-order valence-electron chi connectivity index (χ1n) is 5.21. The van der Waals surface area contributed by atoms with Crippen LogP contribution in [0.25, 0.3) is 0 Å². The van der Waals surface area contributed by atoms with E-state index in [2.05, 4.69) is 15.3 Å². The second-order valence-corrected chi connectivity index (χ2v) is 4.20. The number of anilines is 1. The Hall–Kier alpha value is -1.65. The molecule has 1 heterocycles. The average molecular weight is 223 g/mol. The van der Waals surface area contributed by atoms with Gasteiger partial charge in [0, 0.05) is 11.8 Å². The number of hydrogen-bond acceptors (Lipinski definition) is 4. The Kier molecular flexibility index (Phi) is 3.47. The molecule has 0 bridgehead atoms. The number of aliphatic carboxylic acids is 1. The van der Waals surface area contributed by atoms with Gasteiger partial charge in [0.1, 0.15) is 17.2 Å². The van der Waals surface area contributed by atoms with E-state index in [1.807, 2.05) is 6.92 Å². The van der Waals surface area contributed by atoms with E-state index >= 15 is 0 Å². The van der Waals surface area contributed by atoms with Crippen molar-refractivity contribution in [3.63, 3.8) is 0 Å². The molecule has 16 heavy (non-hydrogen) atoms. The van der Waals surface area contributed by atoms with Gasteiger partial charge in [-0.3, -0.25) is 0 Å². The molecule has 0 aliphatic carbocycles. The Balaban J connectivity index is 2.97. The first kappa shape index (κ1) is 12.4. The Labute approximate surface area is 94.9 Å². The van der Waals surface area contributed by atoms with Crippen LogP contribution in [0.5, 0.6) is 0 Å². The maximum absolute atomic E-state index is 11.0. The number of rotatable bonds is 4. The highest BCUT2D eigenvalue weighted by molar-refractivity contribution is 5.81. The maximum Gasteiger partial charge on any atom is 0.328 e. The first-order valence-corrected chi connectivity index (χ1v) is 5.21. The van der Waals surface area contributed by atoms with E-state index in [-0.39, 0.29) is 0 Å². The summed E-state index contributed by atoms with van der Waals surface area (Å²) < 4.78 is 0. The van der Waals surface area contributed by atoms with Crippen molar-refractivity contribution < 1.29 is 9.90 Å². The molecule has 0 aliphatic heterocycles.